The summed E-state index contributed by atoms with van der Waals surface area (Å²) in [6.45, 7) is 6.66. The largest absolute Gasteiger partial charge is 0.378 e. The first-order chi connectivity index (χ1) is 8.27. The maximum absolute atomic E-state index is 5.83. The van der Waals surface area contributed by atoms with Gasteiger partial charge in [0.2, 0.25) is 0 Å². The predicted octanol–water partition coefficient (Wildman–Crippen LogP) is 3.07. The van der Waals surface area contributed by atoms with Gasteiger partial charge in [0.1, 0.15) is 0 Å². The lowest BCUT2D eigenvalue weighted by molar-refractivity contribution is 0.0580. The lowest BCUT2D eigenvalue weighted by Crippen LogP contribution is -2.40. The minimum Gasteiger partial charge on any atom is -0.378 e. The van der Waals surface area contributed by atoms with Crippen LogP contribution in [0.3, 0.4) is 0 Å². The van der Waals surface area contributed by atoms with E-state index in [9.17, 15) is 0 Å². The van der Waals surface area contributed by atoms with E-state index >= 15 is 0 Å². The van der Waals surface area contributed by atoms with Gasteiger partial charge in [-0.25, -0.2) is 0 Å². The van der Waals surface area contributed by atoms with Gasteiger partial charge in [-0.15, -0.1) is 0 Å². The molecule has 0 spiro atoms. The van der Waals surface area contributed by atoms with Gasteiger partial charge in [-0.05, 0) is 50.5 Å². The highest BCUT2D eigenvalue weighted by molar-refractivity contribution is 7.99. The first-order valence-electron chi connectivity index (χ1n) is 7.19. The second-order valence-corrected chi connectivity index (χ2v) is 6.97. The van der Waals surface area contributed by atoms with E-state index in [0.29, 0.717) is 11.5 Å². The highest BCUT2D eigenvalue weighted by atomic mass is 32.2. The summed E-state index contributed by atoms with van der Waals surface area (Å²) in [6, 6.07) is 0.824. The molecule has 0 radical (unpaired) electrons. The summed E-state index contributed by atoms with van der Waals surface area (Å²) in [7, 11) is 0. The minimum atomic E-state index is 0.427. The van der Waals surface area contributed by atoms with Gasteiger partial charge in [0, 0.05) is 24.6 Å². The van der Waals surface area contributed by atoms with Crippen molar-refractivity contribution in [2.24, 2.45) is 5.41 Å². The van der Waals surface area contributed by atoms with Crippen molar-refractivity contribution in [1.82, 2.24) is 5.32 Å². The van der Waals surface area contributed by atoms with Gasteiger partial charge >= 0.3 is 0 Å². The molecule has 1 heterocycles. The molecule has 1 saturated heterocycles. The molecule has 0 aromatic heterocycles. The lowest BCUT2D eigenvalue weighted by atomic mass is 9.77. The van der Waals surface area contributed by atoms with Crippen molar-refractivity contribution in [3.05, 3.63) is 0 Å². The van der Waals surface area contributed by atoms with E-state index in [-0.39, 0.29) is 0 Å². The molecule has 1 aliphatic carbocycles. The van der Waals surface area contributed by atoms with Crippen molar-refractivity contribution in [3.8, 4) is 0 Å². The van der Waals surface area contributed by atoms with Crippen molar-refractivity contribution in [2.45, 2.75) is 58.1 Å². The molecule has 1 N–H and O–H groups in total. The van der Waals surface area contributed by atoms with Gasteiger partial charge in [-0.2, -0.15) is 11.8 Å². The van der Waals surface area contributed by atoms with Gasteiger partial charge in [0.15, 0.2) is 0 Å². The van der Waals surface area contributed by atoms with Crippen LogP contribution in [0, 0.1) is 5.41 Å². The fourth-order valence-corrected chi connectivity index (χ4v) is 3.41. The summed E-state index contributed by atoms with van der Waals surface area (Å²) in [5, 5.41) is 3.72. The Balaban J connectivity index is 1.78. The average molecular weight is 257 g/mol. The number of rotatable bonds is 8. The Morgan fingerprint density at radius 2 is 2.24 bits per heavy atom. The summed E-state index contributed by atoms with van der Waals surface area (Å²) in [5.74, 6) is 2.56. The van der Waals surface area contributed by atoms with Crippen LogP contribution in [0.4, 0.5) is 0 Å². The molecule has 100 valence electrons. The van der Waals surface area contributed by atoms with E-state index in [2.05, 4.69) is 30.9 Å². The Kier molecular flexibility index (Phi) is 5.19. The maximum Gasteiger partial charge on any atom is 0.0616 e. The summed E-state index contributed by atoms with van der Waals surface area (Å²) in [6.07, 6.45) is 7.15. The lowest BCUT2D eigenvalue weighted by Gasteiger charge is -2.32. The second-order valence-electron chi connectivity index (χ2n) is 5.58. The van der Waals surface area contributed by atoms with Crippen molar-refractivity contribution < 1.29 is 4.74 Å². The molecule has 2 aliphatic rings. The van der Waals surface area contributed by atoms with Crippen molar-refractivity contribution in [2.75, 3.05) is 24.7 Å². The van der Waals surface area contributed by atoms with E-state index in [0.717, 1.165) is 12.6 Å². The molecule has 1 aliphatic heterocycles. The molecule has 0 aromatic rings. The summed E-state index contributed by atoms with van der Waals surface area (Å²) < 4.78 is 5.83. The van der Waals surface area contributed by atoms with E-state index in [1.165, 1.54) is 50.2 Å². The number of hydrogen-bond acceptors (Lipinski definition) is 3. The van der Waals surface area contributed by atoms with Crippen LogP contribution in [-0.2, 0) is 4.74 Å². The highest BCUT2D eigenvalue weighted by Gasteiger charge is 2.41. The van der Waals surface area contributed by atoms with Crippen molar-refractivity contribution in [1.29, 1.82) is 0 Å². The van der Waals surface area contributed by atoms with Crippen LogP contribution < -0.4 is 5.32 Å². The molecule has 0 aromatic carbocycles. The smallest absolute Gasteiger partial charge is 0.0616 e. The fraction of sp³-hybridized carbons (Fsp3) is 1.00. The fourth-order valence-electron chi connectivity index (χ4n) is 2.77. The summed E-state index contributed by atoms with van der Waals surface area (Å²) in [5.41, 5.74) is 0.427. The third-order valence-corrected chi connectivity index (χ3v) is 5.30. The first kappa shape index (κ1) is 13.7. The Morgan fingerprint density at radius 1 is 1.41 bits per heavy atom. The monoisotopic (exact) mass is 257 g/mol. The zero-order valence-corrected chi connectivity index (χ0v) is 12.2. The molecule has 0 amide bonds. The molecule has 2 fully saturated rings. The molecule has 1 saturated carbocycles. The van der Waals surface area contributed by atoms with Gasteiger partial charge < -0.3 is 10.1 Å². The third kappa shape index (κ3) is 3.87. The SMILES string of the molecule is CCSCCCC1(CNC2CC2)CCOC1C. The van der Waals surface area contributed by atoms with Gasteiger partial charge in [0.25, 0.3) is 0 Å². The molecule has 2 atom stereocenters. The van der Waals surface area contributed by atoms with E-state index < -0.39 is 0 Å². The average Bonchev–Trinajstić information content (AvgIpc) is 3.09. The number of ether oxygens (including phenoxy) is 1. The summed E-state index contributed by atoms with van der Waals surface area (Å²) in [4.78, 5) is 0. The molecule has 0 bridgehead atoms. The van der Waals surface area contributed by atoms with Crippen LogP contribution in [0.2, 0.25) is 0 Å². The molecule has 2 nitrogen and oxygen atoms in total. The van der Waals surface area contributed by atoms with Crippen LogP contribution in [0.5, 0.6) is 0 Å². The van der Waals surface area contributed by atoms with E-state index in [1.807, 2.05) is 0 Å². The van der Waals surface area contributed by atoms with Crippen LogP contribution in [0.25, 0.3) is 0 Å². The second kappa shape index (κ2) is 6.44. The van der Waals surface area contributed by atoms with Crippen molar-refractivity contribution in [3.63, 3.8) is 0 Å². The summed E-state index contributed by atoms with van der Waals surface area (Å²) >= 11 is 2.07. The van der Waals surface area contributed by atoms with Gasteiger partial charge in [-0.3, -0.25) is 0 Å². The Bertz CT molecular complexity index is 232. The Hall–Kier alpha value is 0.270. The molecule has 2 rings (SSSR count). The van der Waals surface area contributed by atoms with Crippen LogP contribution in [0.15, 0.2) is 0 Å². The van der Waals surface area contributed by atoms with Crippen LogP contribution in [0.1, 0.15) is 46.0 Å². The zero-order valence-electron chi connectivity index (χ0n) is 11.3. The Labute approximate surface area is 110 Å². The predicted molar refractivity (Wildman–Crippen MR) is 75.7 cm³/mol. The van der Waals surface area contributed by atoms with Gasteiger partial charge in [0.05, 0.1) is 6.10 Å². The number of hydrogen-bond donors (Lipinski definition) is 1. The number of nitrogens with one attached hydrogen (secondary N) is 1. The minimum absolute atomic E-state index is 0.427. The molecule has 2 unspecified atom stereocenters. The van der Waals surface area contributed by atoms with Crippen LogP contribution >= 0.6 is 11.8 Å². The zero-order chi connectivity index (χ0) is 12.1. The first-order valence-corrected chi connectivity index (χ1v) is 8.35. The van der Waals surface area contributed by atoms with Crippen LogP contribution in [-0.4, -0.2) is 36.8 Å². The van der Waals surface area contributed by atoms with Crippen molar-refractivity contribution >= 4 is 11.8 Å². The highest BCUT2D eigenvalue weighted by Crippen LogP contribution is 2.39. The molecule has 3 heteroatoms. The molecular weight excluding hydrogens is 230 g/mol. The normalized spacial score (nSPS) is 33.2. The Morgan fingerprint density at radius 3 is 2.82 bits per heavy atom. The molecular formula is C14H27NOS. The maximum atomic E-state index is 5.83. The number of thioether (sulfide) groups is 1. The molecule has 17 heavy (non-hydrogen) atoms. The van der Waals surface area contributed by atoms with E-state index in [4.69, 9.17) is 4.74 Å². The van der Waals surface area contributed by atoms with E-state index in [1.54, 1.807) is 0 Å². The quantitative estimate of drug-likeness (QED) is 0.675. The topological polar surface area (TPSA) is 21.3 Å². The third-order valence-electron chi connectivity index (χ3n) is 4.32. The van der Waals surface area contributed by atoms with Gasteiger partial charge in [-0.1, -0.05) is 6.92 Å². The standard InChI is InChI=1S/C14H27NOS/c1-3-17-10-4-7-14(8-9-16-12(14)2)11-15-13-5-6-13/h12-13,15H,3-11H2,1-2H3.